The largest absolute Gasteiger partial charge is 0.475 e. The lowest BCUT2D eigenvalue weighted by molar-refractivity contribution is -0.125. The van der Waals surface area contributed by atoms with Crippen molar-refractivity contribution in [3.8, 4) is 0 Å². The zero-order valence-electron chi connectivity index (χ0n) is 10.5. The van der Waals surface area contributed by atoms with Crippen LogP contribution in [-0.2, 0) is 11.3 Å². The Hall–Kier alpha value is -2.38. The number of furan rings is 1. The van der Waals surface area contributed by atoms with E-state index in [1.54, 1.807) is 24.3 Å². The van der Waals surface area contributed by atoms with Gasteiger partial charge in [-0.2, -0.15) is 0 Å². The Labute approximate surface area is 114 Å². The van der Waals surface area contributed by atoms with Crippen molar-refractivity contribution < 1.29 is 24.2 Å². The number of rotatable bonds is 6. The number of carbonyl (C=O) groups is 2. The molecule has 106 valence electrons. The summed E-state index contributed by atoms with van der Waals surface area (Å²) in [5.41, 5.74) is 5.85. The number of benzene rings is 1. The number of aliphatic hydroxyl groups excluding tert-OH is 1. The fourth-order valence-electron chi connectivity index (χ4n) is 1.88. The summed E-state index contributed by atoms with van der Waals surface area (Å²) in [6.07, 6.45) is -1.32. The first-order valence-corrected chi connectivity index (χ1v) is 5.92. The van der Waals surface area contributed by atoms with Crippen molar-refractivity contribution in [2.24, 2.45) is 5.73 Å². The van der Waals surface area contributed by atoms with Crippen LogP contribution in [0.25, 0.3) is 11.0 Å². The van der Waals surface area contributed by atoms with Gasteiger partial charge in [0, 0.05) is 24.0 Å². The second-order valence-corrected chi connectivity index (χ2v) is 4.26. The van der Waals surface area contributed by atoms with E-state index >= 15 is 0 Å². The molecule has 1 aromatic heterocycles. The van der Waals surface area contributed by atoms with Gasteiger partial charge >= 0.3 is 5.97 Å². The number of nitrogens with one attached hydrogen (secondary N) is 1. The Morgan fingerprint density at radius 1 is 1.35 bits per heavy atom. The van der Waals surface area contributed by atoms with Crippen LogP contribution < -0.4 is 11.1 Å². The molecule has 0 saturated carbocycles. The highest BCUT2D eigenvalue weighted by Crippen LogP contribution is 2.25. The van der Waals surface area contributed by atoms with Crippen molar-refractivity contribution in [1.29, 1.82) is 0 Å². The summed E-state index contributed by atoms with van der Waals surface area (Å²) in [5.74, 6) is -2.17. The first kappa shape index (κ1) is 14.0. The Bertz CT molecular complexity index is 649. The molecule has 7 nitrogen and oxygen atoms in total. The molecule has 0 aliphatic carbocycles. The van der Waals surface area contributed by atoms with Crippen molar-refractivity contribution in [2.75, 3.05) is 6.54 Å². The van der Waals surface area contributed by atoms with E-state index in [2.05, 4.69) is 5.32 Å². The van der Waals surface area contributed by atoms with Crippen LogP contribution >= 0.6 is 0 Å². The molecule has 0 radical (unpaired) electrons. The van der Waals surface area contributed by atoms with Gasteiger partial charge in [-0.3, -0.25) is 4.79 Å². The molecule has 7 heteroatoms. The monoisotopic (exact) mass is 278 g/mol. The standard InChI is InChI=1S/C13H14N2O5/c14-12(17)9(16)6-15-5-8-7-3-1-2-4-10(7)20-11(8)13(18)19/h1-4,9,15-16H,5-6H2,(H2,14,17)(H,18,19). The highest BCUT2D eigenvalue weighted by atomic mass is 16.4. The van der Waals surface area contributed by atoms with Gasteiger partial charge in [-0.05, 0) is 6.07 Å². The number of aromatic carboxylic acids is 1. The number of nitrogens with two attached hydrogens (primary N) is 1. The predicted molar refractivity (Wildman–Crippen MR) is 70.1 cm³/mol. The van der Waals surface area contributed by atoms with E-state index in [9.17, 15) is 14.7 Å². The third kappa shape index (κ3) is 2.79. The van der Waals surface area contributed by atoms with Gasteiger partial charge in [0.15, 0.2) is 0 Å². The van der Waals surface area contributed by atoms with Gasteiger partial charge in [-0.1, -0.05) is 18.2 Å². The zero-order valence-corrected chi connectivity index (χ0v) is 10.5. The Morgan fingerprint density at radius 2 is 2.05 bits per heavy atom. The number of hydrogen-bond donors (Lipinski definition) is 4. The maximum absolute atomic E-state index is 11.2. The first-order chi connectivity index (χ1) is 9.50. The molecule has 2 rings (SSSR count). The average molecular weight is 278 g/mol. The quantitative estimate of drug-likeness (QED) is 0.592. The Kier molecular flexibility index (Phi) is 4.02. The van der Waals surface area contributed by atoms with Crippen LogP contribution in [0.2, 0.25) is 0 Å². The second kappa shape index (κ2) is 5.72. The van der Waals surface area contributed by atoms with Gasteiger partial charge in [-0.15, -0.1) is 0 Å². The van der Waals surface area contributed by atoms with E-state index in [1.165, 1.54) is 0 Å². The van der Waals surface area contributed by atoms with Crippen LogP contribution in [0.1, 0.15) is 16.1 Å². The molecule has 5 N–H and O–H groups in total. The lowest BCUT2D eigenvalue weighted by atomic mass is 10.1. The molecule has 0 saturated heterocycles. The highest BCUT2D eigenvalue weighted by Gasteiger charge is 2.19. The SMILES string of the molecule is NC(=O)C(O)CNCc1c(C(=O)O)oc2ccccc12. The van der Waals surface area contributed by atoms with Crippen LogP contribution in [0, 0.1) is 0 Å². The minimum Gasteiger partial charge on any atom is -0.475 e. The summed E-state index contributed by atoms with van der Waals surface area (Å²) < 4.78 is 5.27. The van der Waals surface area contributed by atoms with Crippen LogP contribution in [0.15, 0.2) is 28.7 Å². The highest BCUT2D eigenvalue weighted by molar-refractivity contribution is 5.95. The van der Waals surface area contributed by atoms with Crippen molar-refractivity contribution in [2.45, 2.75) is 12.6 Å². The van der Waals surface area contributed by atoms with Gasteiger partial charge in [0.25, 0.3) is 0 Å². The lowest BCUT2D eigenvalue weighted by Gasteiger charge is -2.08. The number of carboxylic acid groups (broad SMARTS) is 1. The van der Waals surface area contributed by atoms with Crippen LogP contribution in [0.5, 0.6) is 0 Å². The second-order valence-electron chi connectivity index (χ2n) is 4.26. The van der Waals surface area contributed by atoms with Crippen LogP contribution in [0.4, 0.5) is 0 Å². The normalized spacial score (nSPS) is 12.4. The minimum absolute atomic E-state index is 0.0616. The molecule has 1 amide bonds. The summed E-state index contributed by atoms with van der Waals surface area (Å²) in [7, 11) is 0. The third-order valence-corrected chi connectivity index (χ3v) is 2.86. The lowest BCUT2D eigenvalue weighted by Crippen LogP contribution is -2.37. The number of fused-ring (bicyclic) bond motifs is 1. The molecular weight excluding hydrogens is 264 g/mol. The number of para-hydroxylation sites is 1. The maximum atomic E-state index is 11.2. The number of hydrogen-bond acceptors (Lipinski definition) is 5. The predicted octanol–water partition coefficient (Wildman–Crippen LogP) is 0.0668. The fraction of sp³-hybridized carbons (Fsp3) is 0.231. The molecule has 0 spiro atoms. The topological polar surface area (TPSA) is 126 Å². The molecule has 1 heterocycles. The summed E-state index contributed by atoms with van der Waals surface area (Å²) >= 11 is 0. The molecule has 20 heavy (non-hydrogen) atoms. The average Bonchev–Trinajstić information content (AvgIpc) is 2.78. The number of carbonyl (C=O) groups excluding carboxylic acids is 1. The molecule has 1 atom stereocenters. The van der Waals surface area contributed by atoms with Gasteiger partial charge in [0.05, 0.1) is 0 Å². The van der Waals surface area contributed by atoms with Crippen molar-refractivity contribution >= 4 is 22.8 Å². The minimum atomic E-state index is -1.32. The maximum Gasteiger partial charge on any atom is 0.372 e. The van der Waals surface area contributed by atoms with Crippen molar-refractivity contribution in [3.05, 3.63) is 35.6 Å². The molecule has 1 aromatic carbocycles. The van der Waals surface area contributed by atoms with E-state index in [1.807, 2.05) is 0 Å². The summed E-state index contributed by atoms with van der Waals surface area (Å²) in [5, 5.41) is 21.8. The Balaban J connectivity index is 2.21. The van der Waals surface area contributed by atoms with Crippen molar-refractivity contribution in [1.82, 2.24) is 5.32 Å². The first-order valence-electron chi connectivity index (χ1n) is 5.92. The van der Waals surface area contributed by atoms with Gasteiger partial charge in [0.1, 0.15) is 11.7 Å². The van der Waals surface area contributed by atoms with E-state index < -0.39 is 18.0 Å². The molecule has 0 aliphatic heterocycles. The summed E-state index contributed by atoms with van der Waals surface area (Å²) in [6, 6.07) is 6.92. The van der Waals surface area contributed by atoms with E-state index in [4.69, 9.17) is 15.3 Å². The van der Waals surface area contributed by atoms with Gasteiger partial charge in [0.2, 0.25) is 11.7 Å². The number of carboxylic acids is 1. The Morgan fingerprint density at radius 3 is 2.70 bits per heavy atom. The smallest absolute Gasteiger partial charge is 0.372 e. The number of primary amides is 1. The van der Waals surface area contributed by atoms with Gasteiger partial charge < -0.3 is 25.7 Å². The molecule has 2 aromatic rings. The summed E-state index contributed by atoms with van der Waals surface area (Å²) in [4.78, 5) is 21.9. The fourth-order valence-corrected chi connectivity index (χ4v) is 1.88. The molecule has 0 bridgehead atoms. The molecular formula is C13H14N2O5. The number of aliphatic hydroxyl groups is 1. The van der Waals surface area contributed by atoms with E-state index in [0.717, 1.165) is 0 Å². The van der Waals surface area contributed by atoms with Crippen molar-refractivity contribution in [3.63, 3.8) is 0 Å². The molecule has 0 aliphatic rings. The summed E-state index contributed by atoms with van der Waals surface area (Å²) in [6.45, 7) is 0.0802. The third-order valence-electron chi connectivity index (χ3n) is 2.86. The number of amides is 1. The van der Waals surface area contributed by atoms with E-state index in [-0.39, 0.29) is 18.8 Å². The zero-order chi connectivity index (χ0) is 14.7. The van der Waals surface area contributed by atoms with Crippen LogP contribution in [0.3, 0.4) is 0 Å². The van der Waals surface area contributed by atoms with Gasteiger partial charge in [-0.25, -0.2) is 4.79 Å². The van der Waals surface area contributed by atoms with Crippen LogP contribution in [-0.4, -0.2) is 34.7 Å². The van der Waals surface area contributed by atoms with E-state index in [0.29, 0.717) is 16.5 Å². The molecule has 1 unspecified atom stereocenters. The molecule has 0 fully saturated rings.